The van der Waals surface area contributed by atoms with Crippen molar-refractivity contribution in [2.24, 2.45) is 0 Å². The molecule has 0 saturated carbocycles. The van der Waals surface area contributed by atoms with Crippen molar-refractivity contribution in [2.45, 2.75) is 25.2 Å². The smallest absolute Gasteiger partial charge is 0.233 e. The van der Waals surface area contributed by atoms with Gasteiger partial charge in [0.05, 0.1) is 18.8 Å². The van der Waals surface area contributed by atoms with E-state index in [0.717, 1.165) is 5.01 Å². The number of rotatable bonds is 1. The van der Waals surface area contributed by atoms with E-state index in [-0.39, 0.29) is 19.1 Å². The molecule has 1 heterocycles. The Morgan fingerprint density at radius 1 is 1.62 bits per heavy atom. The molecule has 6 nitrogen and oxygen atoms in total. The van der Waals surface area contributed by atoms with E-state index in [1.807, 2.05) is 0 Å². The molecule has 1 amide bonds. The third kappa shape index (κ3) is 1.97. The highest BCUT2D eigenvalue weighted by atomic mass is 16.3. The third-order valence-corrected chi connectivity index (χ3v) is 2.12. The highest BCUT2D eigenvalue weighted by Crippen LogP contribution is 2.11. The van der Waals surface area contributed by atoms with Crippen LogP contribution in [0.4, 0.5) is 0 Å². The molecule has 1 saturated heterocycles. The van der Waals surface area contributed by atoms with E-state index in [4.69, 9.17) is 5.11 Å². The van der Waals surface area contributed by atoms with Gasteiger partial charge in [-0.15, -0.1) is 0 Å². The molecule has 0 aliphatic carbocycles. The Labute approximate surface area is 75.7 Å². The number of hydrogen-bond acceptors (Lipinski definition) is 5. The molecular weight excluding hydrogens is 176 g/mol. The summed E-state index contributed by atoms with van der Waals surface area (Å²) in [4.78, 5) is 11.0. The van der Waals surface area contributed by atoms with Gasteiger partial charge in [-0.25, -0.2) is 5.43 Å². The predicted octanol–water partition coefficient (Wildman–Crippen LogP) is -2.56. The molecule has 3 atom stereocenters. The molecular formula is C7H14N2O4. The molecule has 0 radical (unpaired) electrons. The van der Waals surface area contributed by atoms with Crippen LogP contribution >= 0.6 is 0 Å². The van der Waals surface area contributed by atoms with Crippen molar-refractivity contribution in [2.75, 3.05) is 13.2 Å². The number of β-amino-alcohol motifs (C(OH)–C–C–N with tert-alkyl or cyclic N) is 1. The maximum atomic E-state index is 11.0. The molecule has 1 aliphatic heterocycles. The Morgan fingerprint density at radius 2 is 2.23 bits per heavy atom. The summed E-state index contributed by atoms with van der Waals surface area (Å²) in [6, 6.07) is -0.777. The van der Waals surface area contributed by atoms with Gasteiger partial charge in [0.2, 0.25) is 5.91 Å². The van der Waals surface area contributed by atoms with Gasteiger partial charge in [0.1, 0.15) is 6.10 Å². The van der Waals surface area contributed by atoms with E-state index in [0.29, 0.717) is 0 Å². The highest BCUT2D eigenvalue weighted by molar-refractivity contribution is 5.73. The number of hydrogen-bond donors (Lipinski definition) is 4. The predicted molar refractivity (Wildman–Crippen MR) is 43.4 cm³/mol. The van der Waals surface area contributed by atoms with Gasteiger partial charge in [0.25, 0.3) is 0 Å². The van der Waals surface area contributed by atoms with Gasteiger partial charge < -0.3 is 15.3 Å². The number of hydrazine groups is 1. The lowest BCUT2D eigenvalue weighted by Crippen LogP contribution is -2.65. The molecule has 0 spiro atoms. The Balaban J connectivity index is 2.71. The Bertz CT molecular complexity index is 199. The number of nitrogens with zero attached hydrogens (tertiary/aromatic N) is 1. The van der Waals surface area contributed by atoms with Crippen LogP contribution in [-0.2, 0) is 4.79 Å². The summed E-state index contributed by atoms with van der Waals surface area (Å²) in [6.07, 6.45) is -2.05. The molecule has 0 aromatic rings. The zero-order chi connectivity index (χ0) is 10.0. The minimum atomic E-state index is -1.10. The second kappa shape index (κ2) is 4.01. The van der Waals surface area contributed by atoms with E-state index >= 15 is 0 Å². The molecule has 1 fully saturated rings. The molecule has 4 N–H and O–H groups in total. The lowest BCUT2D eigenvalue weighted by atomic mass is 10.0. The maximum Gasteiger partial charge on any atom is 0.233 e. The van der Waals surface area contributed by atoms with Crippen LogP contribution in [0.2, 0.25) is 0 Å². The number of aliphatic hydroxyl groups excluding tert-OH is 3. The van der Waals surface area contributed by atoms with Crippen LogP contribution < -0.4 is 5.43 Å². The number of carbonyl (C=O) groups is 1. The van der Waals surface area contributed by atoms with Crippen molar-refractivity contribution in [3.8, 4) is 0 Å². The second-order valence-electron chi connectivity index (χ2n) is 3.06. The summed E-state index contributed by atoms with van der Waals surface area (Å²) in [5.74, 6) is -0.301. The van der Waals surface area contributed by atoms with E-state index < -0.39 is 18.2 Å². The highest BCUT2D eigenvalue weighted by Gasteiger charge is 2.36. The van der Waals surface area contributed by atoms with E-state index in [2.05, 4.69) is 5.43 Å². The molecule has 13 heavy (non-hydrogen) atoms. The van der Waals surface area contributed by atoms with Crippen molar-refractivity contribution >= 4 is 5.91 Å². The van der Waals surface area contributed by atoms with Crippen LogP contribution in [-0.4, -0.2) is 57.6 Å². The van der Waals surface area contributed by atoms with Crippen molar-refractivity contribution in [3.63, 3.8) is 0 Å². The van der Waals surface area contributed by atoms with E-state index in [1.54, 1.807) is 0 Å². The monoisotopic (exact) mass is 190 g/mol. The lowest BCUT2D eigenvalue weighted by molar-refractivity contribution is -0.153. The van der Waals surface area contributed by atoms with Crippen LogP contribution in [0.15, 0.2) is 0 Å². The summed E-state index contributed by atoms with van der Waals surface area (Å²) < 4.78 is 0. The molecule has 0 bridgehead atoms. The first-order chi connectivity index (χ1) is 6.07. The van der Waals surface area contributed by atoms with Gasteiger partial charge in [-0.2, -0.15) is 0 Å². The first-order valence-electron chi connectivity index (χ1n) is 4.08. The van der Waals surface area contributed by atoms with Gasteiger partial charge in [-0.1, -0.05) is 0 Å². The number of carbonyl (C=O) groups excluding carboxylic acids is 1. The molecule has 1 aliphatic rings. The Morgan fingerprint density at radius 3 is 2.69 bits per heavy atom. The first-order valence-corrected chi connectivity index (χ1v) is 4.08. The van der Waals surface area contributed by atoms with Gasteiger partial charge in [-0.05, 0) is 0 Å². The van der Waals surface area contributed by atoms with Crippen LogP contribution in [0, 0.1) is 0 Å². The number of amides is 1. The lowest BCUT2D eigenvalue weighted by Gasteiger charge is -2.40. The van der Waals surface area contributed by atoms with Crippen molar-refractivity contribution < 1.29 is 20.1 Å². The first kappa shape index (κ1) is 10.4. The van der Waals surface area contributed by atoms with Crippen LogP contribution in [0.5, 0.6) is 0 Å². The van der Waals surface area contributed by atoms with Gasteiger partial charge >= 0.3 is 0 Å². The second-order valence-corrected chi connectivity index (χ2v) is 3.06. The van der Waals surface area contributed by atoms with Gasteiger partial charge in [0.15, 0.2) is 0 Å². The molecule has 1 rings (SSSR count). The molecule has 0 aromatic heterocycles. The summed E-state index contributed by atoms with van der Waals surface area (Å²) in [5.41, 5.74) is 2.61. The average molecular weight is 190 g/mol. The fourth-order valence-corrected chi connectivity index (χ4v) is 1.37. The van der Waals surface area contributed by atoms with Crippen molar-refractivity contribution in [1.82, 2.24) is 10.4 Å². The van der Waals surface area contributed by atoms with Crippen molar-refractivity contribution in [1.29, 1.82) is 0 Å². The minimum absolute atomic E-state index is 0.108. The largest absolute Gasteiger partial charge is 0.394 e. The van der Waals surface area contributed by atoms with Crippen LogP contribution in [0.3, 0.4) is 0 Å². The number of nitrogens with one attached hydrogen (secondary N) is 1. The molecule has 0 unspecified atom stereocenters. The van der Waals surface area contributed by atoms with Crippen LogP contribution in [0.25, 0.3) is 0 Å². The molecule has 0 aromatic carbocycles. The quantitative estimate of drug-likeness (QED) is 0.365. The van der Waals surface area contributed by atoms with Gasteiger partial charge in [-0.3, -0.25) is 9.80 Å². The third-order valence-electron chi connectivity index (χ3n) is 2.12. The van der Waals surface area contributed by atoms with Crippen LogP contribution in [0.1, 0.15) is 6.92 Å². The zero-order valence-corrected chi connectivity index (χ0v) is 7.34. The minimum Gasteiger partial charge on any atom is -0.394 e. The Hall–Kier alpha value is -0.690. The van der Waals surface area contributed by atoms with E-state index in [9.17, 15) is 15.0 Å². The van der Waals surface area contributed by atoms with E-state index in [1.165, 1.54) is 6.92 Å². The van der Waals surface area contributed by atoms with Gasteiger partial charge in [0, 0.05) is 13.5 Å². The zero-order valence-electron chi connectivity index (χ0n) is 7.34. The fourth-order valence-electron chi connectivity index (χ4n) is 1.37. The fraction of sp³-hybridized carbons (Fsp3) is 0.857. The number of aliphatic hydroxyl groups is 3. The summed E-state index contributed by atoms with van der Waals surface area (Å²) in [7, 11) is 0. The molecule has 76 valence electrons. The summed E-state index contributed by atoms with van der Waals surface area (Å²) in [6.45, 7) is 1.04. The summed E-state index contributed by atoms with van der Waals surface area (Å²) in [5, 5.41) is 28.7. The standard InChI is InChI=1S/C7H14N2O4/c1-4(11)9-5(3-10)7(13)6(12)2-8-9/h5-8,10,12-13H,2-3H2,1H3/t5-,6-,7-/m1/s1. The molecule has 6 heteroatoms. The Kier molecular flexibility index (Phi) is 3.21. The SMILES string of the molecule is CC(=O)N1NC[C@@H](O)[C@H](O)[C@H]1CO. The topological polar surface area (TPSA) is 93.0 Å². The maximum absolute atomic E-state index is 11.0. The normalized spacial score (nSPS) is 34.8. The van der Waals surface area contributed by atoms with Crippen molar-refractivity contribution in [3.05, 3.63) is 0 Å². The average Bonchev–Trinajstić information content (AvgIpc) is 2.09. The summed E-state index contributed by atoms with van der Waals surface area (Å²) >= 11 is 0.